The molecule has 2 rings (SSSR count). The molecule has 1 fully saturated rings. The molecule has 1 heterocycles. The van der Waals surface area contributed by atoms with E-state index in [4.69, 9.17) is 5.73 Å². The van der Waals surface area contributed by atoms with Crippen molar-refractivity contribution in [2.45, 2.75) is 6.04 Å². The summed E-state index contributed by atoms with van der Waals surface area (Å²) in [4.78, 5) is 25.0. The van der Waals surface area contributed by atoms with E-state index in [0.29, 0.717) is 19.6 Å². The highest BCUT2D eigenvalue weighted by Gasteiger charge is 2.31. The molecule has 0 radical (unpaired) electrons. The largest absolute Gasteiger partial charge is 0.368 e. The first-order valence-electron chi connectivity index (χ1n) is 5.76. The summed E-state index contributed by atoms with van der Waals surface area (Å²) in [5.74, 6) is -1.48. The third-order valence-electron chi connectivity index (χ3n) is 3.00. The Balaban J connectivity index is 2.26. The van der Waals surface area contributed by atoms with Crippen LogP contribution in [0, 0.1) is 5.82 Å². The van der Waals surface area contributed by atoms with Gasteiger partial charge < -0.3 is 16.0 Å². The zero-order chi connectivity index (χ0) is 14.0. The Morgan fingerprint density at radius 3 is 2.84 bits per heavy atom. The Morgan fingerprint density at radius 2 is 2.21 bits per heavy atom. The van der Waals surface area contributed by atoms with Crippen LogP contribution in [0.2, 0.25) is 0 Å². The van der Waals surface area contributed by atoms with E-state index in [1.165, 1.54) is 17.0 Å². The Bertz CT molecular complexity index is 524. The number of amides is 2. The molecule has 2 amide bonds. The van der Waals surface area contributed by atoms with E-state index in [9.17, 15) is 14.0 Å². The van der Waals surface area contributed by atoms with Crippen molar-refractivity contribution in [3.63, 3.8) is 0 Å². The average molecular weight is 330 g/mol. The van der Waals surface area contributed by atoms with Gasteiger partial charge in [-0.1, -0.05) is 0 Å². The first-order valence-corrected chi connectivity index (χ1v) is 6.56. The maximum Gasteiger partial charge on any atom is 0.254 e. The first-order chi connectivity index (χ1) is 9.00. The van der Waals surface area contributed by atoms with Crippen molar-refractivity contribution in [1.29, 1.82) is 0 Å². The molecule has 5 nitrogen and oxygen atoms in total. The molecule has 3 N–H and O–H groups in total. The minimum Gasteiger partial charge on any atom is -0.368 e. The van der Waals surface area contributed by atoms with E-state index >= 15 is 0 Å². The van der Waals surface area contributed by atoms with Crippen molar-refractivity contribution < 1.29 is 14.0 Å². The van der Waals surface area contributed by atoms with E-state index in [0.717, 1.165) is 6.07 Å². The van der Waals surface area contributed by atoms with Crippen molar-refractivity contribution in [1.82, 2.24) is 10.2 Å². The SMILES string of the molecule is NC(=O)C1CNCCN1C(=O)c1ccc(Br)c(F)c1. The molecule has 1 aromatic rings. The van der Waals surface area contributed by atoms with Gasteiger partial charge in [0.2, 0.25) is 5.91 Å². The number of nitrogens with zero attached hydrogens (tertiary/aromatic N) is 1. The molecule has 0 bridgehead atoms. The van der Waals surface area contributed by atoms with Crippen molar-refractivity contribution >= 4 is 27.7 Å². The van der Waals surface area contributed by atoms with Gasteiger partial charge in [-0.05, 0) is 34.1 Å². The number of rotatable bonds is 2. The van der Waals surface area contributed by atoms with Gasteiger partial charge in [-0.3, -0.25) is 9.59 Å². The van der Waals surface area contributed by atoms with Gasteiger partial charge in [0.1, 0.15) is 11.9 Å². The summed E-state index contributed by atoms with van der Waals surface area (Å²) in [6.07, 6.45) is 0. The van der Waals surface area contributed by atoms with E-state index < -0.39 is 23.7 Å². The highest BCUT2D eigenvalue weighted by Crippen LogP contribution is 2.18. The van der Waals surface area contributed by atoms with Gasteiger partial charge in [0, 0.05) is 25.2 Å². The number of hydrogen-bond acceptors (Lipinski definition) is 3. The Hall–Kier alpha value is -1.47. The highest BCUT2D eigenvalue weighted by molar-refractivity contribution is 9.10. The predicted molar refractivity (Wildman–Crippen MR) is 71.0 cm³/mol. The molecule has 1 atom stereocenters. The lowest BCUT2D eigenvalue weighted by molar-refractivity contribution is -0.122. The zero-order valence-corrected chi connectivity index (χ0v) is 11.6. The minimum atomic E-state index is -0.701. The lowest BCUT2D eigenvalue weighted by Crippen LogP contribution is -2.58. The molecule has 1 unspecified atom stereocenters. The molecule has 0 spiro atoms. The molecule has 0 aromatic heterocycles. The van der Waals surface area contributed by atoms with Gasteiger partial charge in [0.15, 0.2) is 0 Å². The lowest BCUT2D eigenvalue weighted by Gasteiger charge is -2.34. The second kappa shape index (κ2) is 5.66. The molecule has 1 aromatic carbocycles. The summed E-state index contributed by atoms with van der Waals surface area (Å²) in [6, 6.07) is 3.42. The summed E-state index contributed by atoms with van der Waals surface area (Å²) in [5.41, 5.74) is 5.48. The van der Waals surface area contributed by atoms with Crippen molar-refractivity contribution in [3.05, 3.63) is 34.1 Å². The molecule has 1 aliphatic rings. The number of carbonyl (C=O) groups excluding carboxylic acids is 2. The second-order valence-electron chi connectivity index (χ2n) is 4.25. The van der Waals surface area contributed by atoms with Crippen LogP contribution >= 0.6 is 15.9 Å². The first kappa shape index (κ1) is 14.0. The molecule has 0 aliphatic carbocycles. The summed E-state index contributed by atoms with van der Waals surface area (Å²) in [7, 11) is 0. The van der Waals surface area contributed by atoms with Crippen LogP contribution in [0.5, 0.6) is 0 Å². The molecule has 102 valence electrons. The third kappa shape index (κ3) is 2.93. The van der Waals surface area contributed by atoms with E-state index in [-0.39, 0.29) is 10.0 Å². The fourth-order valence-corrected chi connectivity index (χ4v) is 2.24. The Kier molecular flexibility index (Phi) is 4.16. The van der Waals surface area contributed by atoms with Crippen LogP contribution in [0.15, 0.2) is 22.7 Å². The van der Waals surface area contributed by atoms with E-state index in [1.807, 2.05) is 0 Å². The van der Waals surface area contributed by atoms with Gasteiger partial charge in [-0.15, -0.1) is 0 Å². The van der Waals surface area contributed by atoms with E-state index in [1.54, 1.807) is 0 Å². The van der Waals surface area contributed by atoms with Crippen LogP contribution in [-0.4, -0.2) is 42.4 Å². The van der Waals surface area contributed by atoms with Crippen LogP contribution in [0.4, 0.5) is 4.39 Å². The van der Waals surface area contributed by atoms with Crippen LogP contribution in [-0.2, 0) is 4.79 Å². The van der Waals surface area contributed by atoms with Crippen LogP contribution < -0.4 is 11.1 Å². The topological polar surface area (TPSA) is 75.4 Å². The zero-order valence-electron chi connectivity index (χ0n) is 10.0. The van der Waals surface area contributed by atoms with E-state index in [2.05, 4.69) is 21.2 Å². The number of primary amides is 1. The number of nitrogens with one attached hydrogen (secondary N) is 1. The quantitative estimate of drug-likeness (QED) is 0.829. The Morgan fingerprint density at radius 1 is 1.47 bits per heavy atom. The number of nitrogens with two attached hydrogens (primary N) is 1. The molecule has 0 saturated carbocycles. The Labute approximate surface area is 118 Å². The highest BCUT2D eigenvalue weighted by atomic mass is 79.9. The van der Waals surface area contributed by atoms with Crippen molar-refractivity contribution in [2.24, 2.45) is 5.73 Å². The van der Waals surface area contributed by atoms with Crippen LogP contribution in [0.25, 0.3) is 0 Å². The fourth-order valence-electron chi connectivity index (χ4n) is 2.00. The average Bonchev–Trinajstić information content (AvgIpc) is 2.41. The molecule has 19 heavy (non-hydrogen) atoms. The molecular weight excluding hydrogens is 317 g/mol. The molecular formula is C12H13BrFN3O2. The van der Waals surface area contributed by atoms with Crippen molar-refractivity contribution in [2.75, 3.05) is 19.6 Å². The minimum absolute atomic E-state index is 0.203. The predicted octanol–water partition coefficient (Wildman–Crippen LogP) is 0.488. The van der Waals surface area contributed by atoms with Gasteiger partial charge in [-0.2, -0.15) is 0 Å². The van der Waals surface area contributed by atoms with Crippen LogP contribution in [0.1, 0.15) is 10.4 Å². The maximum atomic E-state index is 13.4. The monoisotopic (exact) mass is 329 g/mol. The number of halogens is 2. The third-order valence-corrected chi connectivity index (χ3v) is 3.64. The number of hydrogen-bond donors (Lipinski definition) is 2. The number of benzene rings is 1. The lowest BCUT2D eigenvalue weighted by atomic mass is 10.1. The van der Waals surface area contributed by atoms with Gasteiger partial charge in [-0.25, -0.2) is 4.39 Å². The maximum absolute atomic E-state index is 13.4. The normalized spacial score (nSPS) is 19.3. The van der Waals surface area contributed by atoms with Crippen LogP contribution in [0.3, 0.4) is 0 Å². The number of piperazine rings is 1. The standard InChI is InChI=1S/C12H13BrFN3O2/c13-8-2-1-7(5-9(8)14)12(19)17-4-3-16-6-10(17)11(15)18/h1-2,5,10,16H,3-4,6H2,(H2,15,18). The van der Waals surface area contributed by atoms with Gasteiger partial charge in [0.05, 0.1) is 4.47 Å². The molecule has 1 saturated heterocycles. The summed E-state index contributed by atoms with van der Waals surface area (Å²) in [5, 5.41) is 3.00. The number of carbonyl (C=O) groups is 2. The summed E-state index contributed by atoms with van der Waals surface area (Å²) in [6.45, 7) is 1.26. The fraction of sp³-hybridized carbons (Fsp3) is 0.333. The van der Waals surface area contributed by atoms with Gasteiger partial charge >= 0.3 is 0 Å². The summed E-state index contributed by atoms with van der Waals surface area (Å²) >= 11 is 3.03. The van der Waals surface area contributed by atoms with Gasteiger partial charge in [0.25, 0.3) is 5.91 Å². The summed E-state index contributed by atoms with van der Waals surface area (Å²) < 4.78 is 13.7. The smallest absolute Gasteiger partial charge is 0.254 e. The van der Waals surface area contributed by atoms with Crippen molar-refractivity contribution in [3.8, 4) is 0 Å². The molecule has 7 heteroatoms. The second-order valence-corrected chi connectivity index (χ2v) is 5.10. The molecule has 1 aliphatic heterocycles.